The zero-order chi connectivity index (χ0) is 10.1. The van der Waals surface area contributed by atoms with Crippen LogP contribution in [0.2, 0.25) is 0 Å². The lowest BCUT2D eigenvalue weighted by Gasteiger charge is -2.16. The van der Waals surface area contributed by atoms with E-state index in [2.05, 4.69) is 62.3 Å². The van der Waals surface area contributed by atoms with Crippen molar-refractivity contribution in [2.24, 2.45) is 0 Å². The standard InChI is InChI=1S/C13H15N/c1-10-8-11-6-4-5-7-12(11)9-13(10)14(2)3/h4-9H,1-3H3. The highest BCUT2D eigenvalue weighted by Gasteiger charge is 2.01. The summed E-state index contributed by atoms with van der Waals surface area (Å²) in [6, 6.07) is 13.0. The molecule has 0 aliphatic heterocycles. The Hall–Kier alpha value is -1.50. The smallest absolute Gasteiger partial charge is 0.0397 e. The van der Waals surface area contributed by atoms with Gasteiger partial charge < -0.3 is 4.90 Å². The summed E-state index contributed by atoms with van der Waals surface area (Å²) in [5.41, 5.74) is 2.62. The number of hydrogen-bond donors (Lipinski definition) is 0. The number of anilines is 1. The lowest BCUT2D eigenvalue weighted by molar-refractivity contribution is 1.12. The van der Waals surface area contributed by atoms with E-state index in [1.807, 2.05) is 0 Å². The summed E-state index contributed by atoms with van der Waals surface area (Å²) in [5.74, 6) is 0. The van der Waals surface area contributed by atoms with Crippen molar-refractivity contribution in [1.82, 2.24) is 0 Å². The van der Waals surface area contributed by atoms with E-state index >= 15 is 0 Å². The minimum Gasteiger partial charge on any atom is -0.377 e. The van der Waals surface area contributed by atoms with Gasteiger partial charge in [-0.15, -0.1) is 0 Å². The number of benzene rings is 2. The molecule has 72 valence electrons. The van der Waals surface area contributed by atoms with Gasteiger partial charge in [-0.1, -0.05) is 24.3 Å². The minimum atomic E-state index is 1.30. The van der Waals surface area contributed by atoms with Gasteiger partial charge in [0.2, 0.25) is 0 Å². The van der Waals surface area contributed by atoms with E-state index in [9.17, 15) is 0 Å². The number of fused-ring (bicyclic) bond motifs is 1. The van der Waals surface area contributed by atoms with Crippen molar-refractivity contribution in [3.63, 3.8) is 0 Å². The summed E-state index contributed by atoms with van der Waals surface area (Å²) in [5, 5.41) is 2.62. The van der Waals surface area contributed by atoms with Crippen LogP contribution < -0.4 is 4.90 Å². The van der Waals surface area contributed by atoms with Crippen LogP contribution in [0.5, 0.6) is 0 Å². The van der Waals surface area contributed by atoms with E-state index < -0.39 is 0 Å². The molecule has 0 spiro atoms. The third-order valence-electron chi connectivity index (χ3n) is 2.55. The first-order valence-electron chi connectivity index (χ1n) is 4.85. The number of aryl methyl sites for hydroxylation is 1. The van der Waals surface area contributed by atoms with Crippen LogP contribution in [0.15, 0.2) is 36.4 Å². The van der Waals surface area contributed by atoms with Crippen LogP contribution >= 0.6 is 0 Å². The molecule has 0 bridgehead atoms. The second-order valence-electron chi connectivity index (χ2n) is 3.88. The van der Waals surface area contributed by atoms with E-state index in [1.54, 1.807) is 0 Å². The molecule has 2 aromatic carbocycles. The predicted octanol–water partition coefficient (Wildman–Crippen LogP) is 3.21. The number of hydrogen-bond acceptors (Lipinski definition) is 1. The first-order valence-corrected chi connectivity index (χ1v) is 4.85. The Morgan fingerprint density at radius 1 is 0.929 bits per heavy atom. The van der Waals surface area contributed by atoms with Crippen LogP contribution in [0.4, 0.5) is 5.69 Å². The van der Waals surface area contributed by atoms with Crippen molar-refractivity contribution in [1.29, 1.82) is 0 Å². The molecule has 0 saturated heterocycles. The Morgan fingerprint density at radius 2 is 1.50 bits per heavy atom. The summed E-state index contributed by atoms with van der Waals surface area (Å²) in [6.45, 7) is 2.15. The van der Waals surface area contributed by atoms with Crippen molar-refractivity contribution >= 4 is 16.5 Å². The van der Waals surface area contributed by atoms with Gasteiger partial charge in [-0.05, 0) is 35.4 Å². The van der Waals surface area contributed by atoms with Crippen LogP contribution in [0.3, 0.4) is 0 Å². The highest BCUT2D eigenvalue weighted by molar-refractivity contribution is 5.87. The number of nitrogens with zero attached hydrogens (tertiary/aromatic N) is 1. The van der Waals surface area contributed by atoms with Crippen LogP contribution in [-0.4, -0.2) is 14.1 Å². The molecule has 2 aromatic rings. The summed E-state index contributed by atoms with van der Waals surface area (Å²) in [4.78, 5) is 2.15. The maximum atomic E-state index is 2.24. The van der Waals surface area contributed by atoms with Crippen LogP contribution in [-0.2, 0) is 0 Å². The van der Waals surface area contributed by atoms with Crippen LogP contribution in [0.25, 0.3) is 10.8 Å². The SMILES string of the molecule is Cc1cc2ccccc2cc1N(C)C. The van der Waals surface area contributed by atoms with Crippen molar-refractivity contribution in [3.05, 3.63) is 42.0 Å². The van der Waals surface area contributed by atoms with Gasteiger partial charge in [0.05, 0.1) is 0 Å². The molecule has 2 rings (SSSR count). The first-order chi connectivity index (χ1) is 6.68. The van der Waals surface area contributed by atoms with E-state index in [1.165, 1.54) is 22.0 Å². The minimum absolute atomic E-state index is 1.30. The number of rotatable bonds is 1. The fourth-order valence-corrected chi connectivity index (χ4v) is 1.82. The van der Waals surface area contributed by atoms with Gasteiger partial charge >= 0.3 is 0 Å². The zero-order valence-corrected chi connectivity index (χ0v) is 8.91. The molecule has 0 fully saturated rings. The normalized spacial score (nSPS) is 10.5. The molecule has 0 saturated carbocycles. The van der Waals surface area contributed by atoms with Gasteiger partial charge in [0.1, 0.15) is 0 Å². The van der Waals surface area contributed by atoms with E-state index in [0.29, 0.717) is 0 Å². The van der Waals surface area contributed by atoms with Crippen molar-refractivity contribution in [3.8, 4) is 0 Å². The third-order valence-corrected chi connectivity index (χ3v) is 2.55. The molecule has 0 aliphatic rings. The third kappa shape index (κ3) is 1.46. The molecular weight excluding hydrogens is 170 g/mol. The lowest BCUT2D eigenvalue weighted by atomic mass is 10.1. The molecule has 0 atom stereocenters. The van der Waals surface area contributed by atoms with E-state index in [0.717, 1.165) is 0 Å². The van der Waals surface area contributed by atoms with E-state index in [-0.39, 0.29) is 0 Å². The molecule has 0 aromatic heterocycles. The molecule has 1 heteroatoms. The van der Waals surface area contributed by atoms with Gasteiger partial charge in [-0.25, -0.2) is 0 Å². The van der Waals surface area contributed by atoms with Crippen LogP contribution in [0.1, 0.15) is 5.56 Å². The zero-order valence-electron chi connectivity index (χ0n) is 8.91. The van der Waals surface area contributed by atoms with Crippen molar-refractivity contribution in [2.45, 2.75) is 6.92 Å². The van der Waals surface area contributed by atoms with Gasteiger partial charge in [-0.3, -0.25) is 0 Å². The second-order valence-corrected chi connectivity index (χ2v) is 3.88. The van der Waals surface area contributed by atoms with Gasteiger partial charge in [0, 0.05) is 19.8 Å². The maximum Gasteiger partial charge on any atom is 0.0397 e. The average Bonchev–Trinajstić information content (AvgIpc) is 2.16. The molecule has 0 aliphatic carbocycles. The first kappa shape index (κ1) is 9.07. The van der Waals surface area contributed by atoms with Crippen molar-refractivity contribution in [2.75, 3.05) is 19.0 Å². The molecule has 0 unspecified atom stereocenters. The highest BCUT2D eigenvalue weighted by atomic mass is 15.1. The molecule has 0 amide bonds. The van der Waals surface area contributed by atoms with E-state index in [4.69, 9.17) is 0 Å². The Balaban J connectivity index is 2.71. The molecular formula is C13H15N. The van der Waals surface area contributed by atoms with Gasteiger partial charge in [0.25, 0.3) is 0 Å². The van der Waals surface area contributed by atoms with Gasteiger partial charge in [0.15, 0.2) is 0 Å². The summed E-state index contributed by atoms with van der Waals surface area (Å²) in [7, 11) is 4.16. The fraction of sp³-hybridized carbons (Fsp3) is 0.231. The summed E-state index contributed by atoms with van der Waals surface area (Å²) in [6.07, 6.45) is 0. The lowest BCUT2D eigenvalue weighted by Crippen LogP contribution is -2.09. The molecule has 14 heavy (non-hydrogen) atoms. The van der Waals surface area contributed by atoms with Crippen molar-refractivity contribution < 1.29 is 0 Å². The Morgan fingerprint density at radius 3 is 2.07 bits per heavy atom. The molecule has 0 radical (unpaired) electrons. The maximum absolute atomic E-state index is 2.24. The average molecular weight is 185 g/mol. The Labute approximate surface area is 85.0 Å². The summed E-state index contributed by atoms with van der Waals surface area (Å²) < 4.78 is 0. The topological polar surface area (TPSA) is 3.24 Å². The Kier molecular flexibility index (Phi) is 2.16. The summed E-state index contributed by atoms with van der Waals surface area (Å²) >= 11 is 0. The molecule has 1 nitrogen and oxygen atoms in total. The predicted molar refractivity (Wildman–Crippen MR) is 63.0 cm³/mol. The quantitative estimate of drug-likeness (QED) is 0.659. The second kappa shape index (κ2) is 3.33. The van der Waals surface area contributed by atoms with Gasteiger partial charge in [-0.2, -0.15) is 0 Å². The fourth-order valence-electron chi connectivity index (χ4n) is 1.82. The monoisotopic (exact) mass is 185 g/mol. The molecule has 0 heterocycles. The van der Waals surface area contributed by atoms with Crippen LogP contribution in [0, 0.1) is 6.92 Å². The Bertz CT molecular complexity index is 458. The highest BCUT2D eigenvalue weighted by Crippen LogP contribution is 2.24. The largest absolute Gasteiger partial charge is 0.377 e. The molecule has 0 N–H and O–H groups in total.